The minimum Gasteiger partial charge on any atom is -0.487 e. The molecule has 1 aromatic heterocycles. The van der Waals surface area contributed by atoms with Crippen LogP contribution < -0.4 is 10.1 Å². The number of benzene rings is 1. The second-order valence-corrected chi connectivity index (χ2v) is 5.86. The predicted octanol–water partition coefficient (Wildman–Crippen LogP) is 3.67. The van der Waals surface area contributed by atoms with Crippen LogP contribution in [0.5, 0.6) is 5.75 Å². The largest absolute Gasteiger partial charge is 0.487 e. The summed E-state index contributed by atoms with van der Waals surface area (Å²) in [5.74, 6) is 0.768. The van der Waals surface area contributed by atoms with Gasteiger partial charge in [-0.3, -0.25) is 0 Å². The predicted molar refractivity (Wildman–Crippen MR) is 86.1 cm³/mol. The van der Waals surface area contributed by atoms with E-state index in [9.17, 15) is 4.79 Å². The van der Waals surface area contributed by atoms with Crippen LogP contribution in [0.2, 0.25) is 0 Å². The van der Waals surface area contributed by atoms with Crippen molar-refractivity contribution in [1.29, 1.82) is 0 Å². The zero-order valence-electron chi connectivity index (χ0n) is 12.8. The zero-order valence-corrected chi connectivity index (χ0v) is 13.6. The van der Waals surface area contributed by atoms with Gasteiger partial charge in [-0.25, -0.2) is 9.78 Å². The van der Waals surface area contributed by atoms with E-state index in [2.05, 4.69) is 10.3 Å². The number of ether oxygens (including phenoxy) is 2. The van der Waals surface area contributed by atoms with Crippen molar-refractivity contribution in [3.8, 4) is 5.75 Å². The van der Waals surface area contributed by atoms with Gasteiger partial charge in [0.05, 0.1) is 10.7 Å². The first kappa shape index (κ1) is 16.3. The van der Waals surface area contributed by atoms with Crippen molar-refractivity contribution in [2.75, 3.05) is 6.54 Å². The fourth-order valence-corrected chi connectivity index (χ4v) is 2.34. The molecule has 5 nitrogen and oxygen atoms in total. The number of thiazole rings is 1. The van der Waals surface area contributed by atoms with Crippen LogP contribution in [0.3, 0.4) is 0 Å². The number of aryl methyl sites for hydroxylation is 1. The number of carbonyl (C=O) groups is 1. The average molecular weight is 320 g/mol. The van der Waals surface area contributed by atoms with Crippen molar-refractivity contribution in [1.82, 2.24) is 10.3 Å². The Labute approximate surface area is 134 Å². The summed E-state index contributed by atoms with van der Waals surface area (Å²) < 4.78 is 10.8. The number of carbonyl (C=O) groups excluding carboxylic acids is 1. The van der Waals surface area contributed by atoms with Gasteiger partial charge in [0.1, 0.15) is 19.0 Å². The molecule has 0 aliphatic heterocycles. The molecule has 0 spiro atoms. The van der Waals surface area contributed by atoms with Gasteiger partial charge in [-0.15, -0.1) is 11.3 Å². The molecule has 1 heterocycles. The van der Waals surface area contributed by atoms with Gasteiger partial charge in [0.15, 0.2) is 0 Å². The lowest BCUT2D eigenvalue weighted by Crippen LogP contribution is -2.24. The normalized spacial score (nSPS) is 10.3. The van der Waals surface area contributed by atoms with Crippen LogP contribution >= 0.6 is 11.3 Å². The molecule has 0 aliphatic carbocycles. The summed E-state index contributed by atoms with van der Waals surface area (Å²) in [6, 6.07) is 7.49. The van der Waals surface area contributed by atoms with Crippen molar-refractivity contribution in [3.05, 3.63) is 45.9 Å². The molecule has 0 saturated heterocycles. The third kappa shape index (κ3) is 5.37. The van der Waals surface area contributed by atoms with Crippen molar-refractivity contribution >= 4 is 17.4 Å². The molecule has 0 unspecified atom stereocenters. The summed E-state index contributed by atoms with van der Waals surface area (Å²) in [5.41, 5.74) is 1.85. The molecule has 0 radical (unpaired) electrons. The first-order valence-corrected chi connectivity index (χ1v) is 8.08. The Morgan fingerprint density at radius 3 is 2.68 bits per heavy atom. The molecule has 118 valence electrons. The number of nitrogens with one attached hydrogen (secondary N) is 1. The molecule has 6 heteroatoms. The van der Waals surface area contributed by atoms with Gasteiger partial charge in [0, 0.05) is 11.9 Å². The molecule has 0 fully saturated rings. The van der Waals surface area contributed by atoms with Crippen LogP contribution in [0, 0.1) is 6.92 Å². The van der Waals surface area contributed by atoms with Gasteiger partial charge in [0.2, 0.25) is 0 Å². The topological polar surface area (TPSA) is 60.5 Å². The molecule has 0 aliphatic rings. The Morgan fingerprint density at radius 1 is 1.27 bits per heavy atom. The fourth-order valence-electron chi connectivity index (χ4n) is 1.74. The van der Waals surface area contributed by atoms with Gasteiger partial charge in [-0.2, -0.15) is 0 Å². The van der Waals surface area contributed by atoms with Crippen molar-refractivity contribution in [2.45, 2.75) is 33.5 Å². The van der Waals surface area contributed by atoms with E-state index in [4.69, 9.17) is 9.47 Å². The van der Waals surface area contributed by atoms with Gasteiger partial charge in [-0.1, -0.05) is 19.1 Å². The highest BCUT2D eigenvalue weighted by Crippen LogP contribution is 2.16. The SMILES string of the molecule is CCCNC(=O)OCc1ccc(OCc2csc(C)n2)cc1. The number of aromatic nitrogens is 1. The van der Waals surface area contributed by atoms with E-state index in [1.54, 1.807) is 11.3 Å². The highest BCUT2D eigenvalue weighted by atomic mass is 32.1. The van der Waals surface area contributed by atoms with E-state index in [1.165, 1.54) is 0 Å². The maximum absolute atomic E-state index is 11.3. The molecule has 1 amide bonds. The molecule has 1 aromatic carbocycles. The summed E-state index contributed by atoms with van der Waals surface area (Å²) in [7, 11) is 0. The third-order valence-corrected chi connectivity index (χ3v) is 3.69. The standard InChI is InChI=1S/C16H20N2O3S/c1-3-8-17-16(19)21-9-13-4-6-15(7-5-13)20-10-14-11-22-12(2)18-14/h4-7,11H,3,8-10H2,1-2H3,(H,17,19). The molecule has 0 saturated carbocycles. The van der Waals surface area contributed by atoms with Crippen LogP contribution in [0.1, 0.15) is 29.6 Å². The molecular weight excluding hydrogens is 300 g/mol. The molecule has 2 aromatic rings. The molecule has 0 bridgehead atoms. The van der Waals surface area contributed by atoms with E-state index >= 15 is 0 Å². The number of nitrogens with zero attached hydrogens (tertiary/aromatic N) is 1. The second-order valence-electron chi connectivity index (χ2n) is 4.79. The summed E-state index contributed by atoms with van der Waals surface area (Å²) in [4.78, 5) is 15.7. The minimum absolute atomic E-state index is 0.251. The van der Waals surface area contributed by atoms with Crippen LogP contribution in [0.15, 0.2) is 29.6 Å². The summed E-state index contributed by atoms with van der Waals surface area (Å²) in [6.07, 6.45) is 0.501. The number of alkyl carbamates (subject to hydrolysis) is 1. The van der Waals surface area contributed by atoms with Gasteiger partial charge < -0.3 is 14.8 Å². The summed E-state index contributed by atoms with van der Waals surface area (Å²) >= 11 is 1.61. The number of hydrogen-bond acceptors (Lipinski definition) is 5. The van der Waals surface area contributed by atoms with Crippen molar-refractivity contribution < 1.29 is 14.3 Å². The smallest absolute Gasteiger partial charge is 0.407 e. The maximum atomic E-state index is 11.3. The quantitative estimate of drug-likeness (QED) is 0.845. The van der Waals surface area contributed by atoms with Gasteiger partial charge in [-0.05, 0) is 31.0 Å². The Bertz CT molecular complexity index is 596. The Hall–Kier alpha value is -2.08. The number of hydrogen-bond donors (Lipinski definition) is 1. The summed E-state index contributed by atoms with van der Waals surface area (Å²) in [6.45, 7) is 5.30. The minimum atomic E-state index is -0.388. The van der Waals surface area contributed by atoms with Crippen LogP contribution in [-0.4, -0.2) is 17.6 Å². The maximum Gasteiger partial charge on any atom is 0.407 e. The van der Waals surface area contributed by atoms with Crippen LogP contribution in [0.25, 0.3) is 0 Å². The lowest BCUT2D eigenvalue weighted by molar-refractivity contribution is 0.139. The van der Waals surface area contributed by atoms with E-state index in [1.807, 2.05) is 43.5 Å². The van der Waals surface area contributed by atoms with E-state index in [0.29, 0.717) is 13.2 Å². The van der Waals surface area contributed by atoms with Crippen LogP contribution in [-0.2, 0) is 18.0 Å². The van der Waals surface area contributed by atoms with Gasteiger partial charge >= 0.3 is 6.09 Å². The molecule has 22 heavy (non-hydrogen) atoms. The Kier molecular flexibility index (Phi) is 6.21. The Balaban J connectivity index is 1.76. The second kappa shape index (κ2) is 8.38. The molecule has 2 rings (SSSR count). The average Bonchev–Trinajstić information content (AvgIpc) is 2.95. The first-order valence-electron chi connectivity index (χ1n) is 7.20. The summed E-state index contributed by atoms with van der Waals surface area (Å²) in [5, 5.41) is 5.69. The van der Waals surface area contributed by atoms with Crippen LogP contribution in [0.4, 0.5) is 4.79 Å². The molecule has 0 atom stereocenters. The number of amides is 1. The monoisotopic (exact) mass is 320 g/mol. The van der Waals surface area contributed by atoms with Gasteiger partial charge in [0.25, 0.3) is 0 Å². The third-order valence-electron chi connectivity index (χ3n) is 2.87. The molecular formula is C16H20N2O3S. The highest BCUT2D eigenvalue weighted by molar-refractivity contribution is 7.09. The zero-order chi connectivity index (χ0) is 15.8. The lowest BCUT2D eigenvalue weighted by atomic mass is 10.2. The lowest BCUT2D eigenvalue weighted by Gasteiger charge is -2.08. The van der Waals surface area contributed by atoms with E-state index < -0.39 is 0 Å². The van der Waals surface area contributed by atoms with E-state index in [-0.39, 0.29) is 12.7 Å². The van der Waals surface area contributed by atoms with E-state index in [0.717, 1.165) is 28.4 Å². The van der Waals surface area contributed by atoms with Crippen molar-refractivity contribution in [3.63, 3.8) is 0 Å². The fraction of sp³-hybridized carbons (Fsp3) is 0.375. The highest BCUT2D eigenvalue weighted by Gasteiger charge is 2.03. The van der Waals surface area contributed by atoms with Crippen molar-refractivity contribution in [2.24, 2.45) is 0 Å². The number of rotatable bonds is 7. The molecule has 1 N–H and O–H groups in total. The Morgan fingerprint density at radius 2 is 2.05 bits per heavy atom. The first-order chi connectivity index (χ1) is 10.7.